The molecule has 0 saturated carbocycles. The summed E-state index contributed by atoms with van der Waals surface area (Å²) in [6.07, 6.45) is 2.17. The summed E-state index contributed by atoms with van der Waals surface area (Å²) in [5.74, 6) is 1.32. The lowest BCUT2D eigenvalue weighted by Gasteiger charge is -2.35. The maximum Gasteiger partial charge on any atom is 0.130 e. The zero-order valence-corrected chi connectivity index (χ0v) is 13.8. The van der Waals surface area contributed by atoms with Crippen LogP contribution in [0, 0.1) is 6.92 Å². The van der Waals surface area contributed by atoms with Crippen LogP contribution < -0.4 is 9.47 Å². The molecule has 0 spiro atoms. The molecule has 0 radical (unpaired) electrons. The van der Waals surface area contributed by atoms with Crippen molar-refractivity contribution >= 4 is 0 Å². The number of rotatable bonds is 3. The fraction of sp³-hybridized carbons (Fsp3) is 0.556. The number of aryl methyl sites for hydroxylation is 1. The number of methoxy groups -OCH3 is 2. The summed E-state index contributed by atoms with van der Waals surface area (Å²) in [6, 6.07) is 3.82. The van der Waals surface area contributed by atoms with Gasteiger partial charge < -0.3 is 24.4 Å². The Hall–Kier alpha value is -1.56. The fourth-order valence-corrected chi connectivity index (χ4v) is 3.49. The summed E-state index contributed by atoms with van der Waals surface area (Å²) in [7, 11) is 3.21. The summed E-state index contributed by atoms with van der Waals surface area (Å²) in [5, 5.41) is 20.7. The first-order valence-electron chi connectivity index (χ1n) is 7.98. The van der Waals surface area contributed by atoms with Crippen molar-refractivity contribution in [2.45, 2.75) is 50.6 Å². The van der Waals surface area contributed by atoms with Crippen LogP contribution in [0.15, 0.2) is 23.8 Å². The molecule has 2 aliphatic rings. The van der Waals surface area contributed by atoms with Gasteiger partial charge in [0.25, 0.3) is 0 Å². The third-order valence-electron chi connectivity index (χ3n) is 4.71. The zero-order chi connectivity index (χ0) is 16.6. The van der Waals surface area contributed by atoms with Gasteiger partial charge in [0.1, 0.15) is 17.6 Å². The molecule has 1 aliphatic heterocycles. The molecule has 1 aromatic carbocycles. The molecule has 0 bridgehead atoms. The van der Waals surface area contributed by atoms with Gasteiger partial charge >= 0.3 is 0 Å². The Morgan fingerprint density at radius 2 is 2.00 bits per heavy atom. The topological polar surface area (TPSA) is 68.2 Å². The highest BCUT2D eigenvalue weighted by atomic mass is 16.5. The van der Waals surface area contributed by atoms with Crippen molar-refractivity contribution in [3.05, 3.63) is 34.9 Å². The summed E-state index contributed by atoms with van der Waals surface area (Å²) in [4.78, 5) is 0. The van der Waals surface area contributed by atoms with Gasteiger partial charge in [0, 0.05) is 13.5 Å². The van der Waals surface area contributed by atoms with Crippen molar-refractivity contribution in [1.82, 2.24) is 0 Å². The summed E-state index contributed by atoms with van der Waals surface area (Å²) >= 11 is 0. The van der Waals surface area contributed by atoms with Crippen LogP contribution in [0.4, 0.5) is 0 Å². The molecule has 1 heterocycles. The van der Waals surface area contributed by atoms with Crippen molar-refractivity contribution in [1.29, 1.82) is 0 Å². The van der Waals surface area contributed by atoms with Crippen LogP contribution in [0.25, 0.3) is 0 Å². The Morgan fingerprint density at radius 1 is 1.22 bits per heavy atom. The highest BCUT2D eigenvalue weighted by Gasteiger charge is 2.34. The lowest BCUT2D eigenvalue weighted by atomic mass is 9.86. The van der Waals surface area contributed by atoms with Gasteiger partial charge in [0.15, 0.2) is 0 Å². The van der Waals surface area contributed by atoms with Gasteiger partial charge in [-0.3, -0.25) is 0 Å². The van der Waals surface area contributed by atoms with Gasteiger partial charge in [-0.1, -0.05) is 6.08 Å². The highest BCUT2D eigenvalue weighted by molar-refractivity contribution is 5.51. The smallest absolute Gasteiger partial charge is 0.130 e. The normalized spacial score (nSPS) is 30.2. The first-order valence-corrected chi connectivity index (χ1v) is 7.98. The van der Waals surface area contributed by atoms with Crippen molar-refractivity contribution in [2.75, 3.05) is 14.2 Å². The largest absolute Gasteiger partial charge is 0.496 e. The van der Waals surface area contributed by atoms with Crippen molar-refractivity contribution in [3.63, 3.8) is 0 Å². The van der Waals surface area contributed by atoms with Gasteiger partial charge in [0.05, 0.1) is 31.0 Å². The Bertz CT molecular complexity index is 610. The van der Waals surface area contributed by atoms with E-state index in [1.807, 2.05) is 25.1 Å². The van der Waals surface area contributed by atoms with Crippen LogP contribution in [0.2, 0.25) is 0 Å². The van der Waals surface area contributed by atoms with Crippen LogP contribution in [0.1, 0.15) is 36.5 Å². The van der Waals surface area contributed by atoms with Gasteiger partial charge in [-0.05, 0) is 43.0 Å². The number of hydrogen-bond donors (Lipinski definition) is 2. The number of ether oxygens (including phenoxy) is 3. The average molecular weight is 320 g/mol. The molecule has 126 valence electrons. The second kappa shape index (κ2) is 6.51. The molecule has 1 aromatic rings. The van der Waals surface area contributed by atoms with E-state index in [0.717, 1.165) is 24.0 Å². The molecule has 0 saturated heterocycles. The molecular weight excluding hydrogens is 296 g/mol. The van der Waals surface area contributed by atoms with E-state index in [0.29, 0.717) is 23.5 Å². The van der Waals surface area contributed by atoms with Crippen LogP contribution in [0.5, 0.6) is 11.5 Å². The van der Waals surface area contributed by atoms with Gasteiger partial charge in [-0.2, -0.15) is 0 Å². The SMILES string of the molecule is COc1cc(C)cc2c1C(O)CC(C1=CC(O)C(OC)CC1)O2. The monoisotopic (exact) mass is 320 g/mol. The van der Waals surface area contributed by atoms with E-state index in [1.165, 1.54) is 0 Å². The number of benzene rings is 1. The predicted molar refractivity (Wildman–Crippen MR) is 85.8 cm³/mol. The van der Waals surface area contributed by atoms with Crippen LogP contribution >= 0.6 is 0 Å². The van der Waals surface area contributed by atoms with Crippen LogP contribution in [-0.2, 0) is 4.74 Å². The molecule has 1 aliphatic carbocycles. The maximum absolute atomic E-state index is 10.6. The Balaban J connectivity index is 1.88. The molecule has 4 atom stereocenters. The quantitative estimate of drug-likeness (QED) is 0.836. The molecule has 3 rings (SSSR count). The minimum atomic E-state index is -0.641. The van der Waals surface area contributed by atoms with Crippen LogP contribution in [-0.4, -0.2) is 42.7 Å². The van der Waals surface area contributed by atoms with Gasteiger partial charge in [-0.25, -0.2) is 0 Å². The number of aliphatic hydroxyl groups is 2. The maximum atomic E-state index is 10.6. The third-order valence-corrected chi connectivity index (χ3v) is 4.71. The molecule has 23 heavy (non-hydrogen) atoms. The molecule has 4 unspecified atom stereocenters. The Labute approximate surface area is 136 Å². The third kappa shape index (κ3) is 3.09. The van der Waals surface area contributed by atoms with Crippen LogP contribution in [0.3, 0.4) is 0 Å². The fourth-order valence-electron chi connectivity index (χ4n) is 3.49. The van der Waals surface area contributed by atoms with E-state index in [1.54, 1.807) is 14.2 Å². The van der Waals surface area contributed by atoms with E-state index in [9.17, 15) is 10.2 Å². The highest BCUT2D eigenvalue weighted by Crippen LogP contribution is 2.44. The zero-order valence-electron chi connectivity index (χ0n) is 13.8. The lowest BCUT2D eigenvalue weighted by molar-refractivity contribution is -0.00199. The number of aliphatic hydroxyl groups excluding tert-OH is 2. The van der Waals surface area contributed by atoms with Crippen molar-refractivity contribution in [2.24, 2.45) is 0 Å². The summed E-state index contributed by atoms with van der Waals surface area (Å²) in [6.45, 7) is 1.97. The molecule has 0 fully saturated rings. The molecule has 0 amide bonds. The van der Waals surface area contributed by atoms with E-state index < -0.39 is 12.2 Å². The molecule has 5 nitrogen and oxygen atoms in total. The average Bonchev–Trinajstić information content (AvgIpc) is 2.53. The lowest BCUT2D eigenvalue weighted by Crippen LogP contribution is -2.35. The summed E-state index contributed by atoms with van der Waals surface area (Å²) in [5.41, 5.74) is 2.75. The molecule has 5 heteroatoms. The minimum Gasteiger partial charge on any atom is -0.496 e. The van der Waals surface area contributed by atoms with Crippen molar-refractivity contribution < 1.29 is 24.4 Å². The van der Waals surface area contributed by atoms with E-state index in [4.69, 9.17) is 14.2 Å². The molecule has 2 N–H and O–H groups in total. The van der Waals surface area contributed by atoms with Crippen molar-refractivity contribution in [3.8, 4) is 11.5 Å². The number of hydrogen-bond acceptors (Lipinski definition) is 5. The predicted octanol–water partition coefficient (Wildman–Crippen LogP) is 2.28. The standard InChI is InChI=1S/C18H24O5/c1-10-6-16(22-3)18-13(20)9-15(23-17(18)7-10)11-4-5-14(21-2)12(19)8-11/h6-8,12-15,19-20H,4-5,9H2,1-3H3. The van der Waals surface area contributed by atoms with E-state index in [-0.39, 0.29) is 12.2 Å². The molecular formula is C18H24O5. The Morgan fingerprint density at radius 3 is 2.65 bits per heavy atom. The minimum absolute atomic E-state index is 0.165. The Kier molecular flexibility index (Phi) is 4.62. The first kappa shape index (κ1) is 16.3. The van der Waals surface area contributed by atoms with E-state index >= 15 is 0 Å². The van der Waals surface area contributed by atoms with Gasteiger partial charge in [0.2, 0.25) is 0 Å². The second-order valence-electron chi connectivity index (χ2n) is 6.28. The first-order chi connectivity index (χ1) is 11.0. The molecule has 0 aromatic heterocycles. The second-order valence-corrected chi connectivity index (χ2v) is 6.28. The van der Waals surface area contributed by atoms with E-state index in [2.05, 4.69) is 0 Å². The summed E-state index contributed by atoms with van der Waals surface area (Å²) < 4.78 is 16.8. The van der Waals surface area contributed by atoms with Gasteiger partial charge in [-0.15, -0.1) is 0 Å². The number of fused-ring (bicyclic) bond motifs is 1.